The third-order valence-electron chi connectivity index (χ3n) is 4.81. The van der Waals surface area contributed by atoms with Gasteiger partial charge in [-0.1, -0.05) is 66.7 Å². The summed E-state index contributed by atoms with van der Waals surface area (Å²) >= 11 is 7.76. The number of fused-ring (bicyclic) bond motifs is 1. The third-order valence-corrected chi connectivity index (χ3v) is 6.32. The lowest BCUT2D eigenvalue weighted by molar-refractivity contribution is -0.120. The van der Waals surface area contributed by atoms with Gasteiger partial charge in [-0.15, -0.1) is 10.2 Å². The lowest BCUT2D eigenvalue weighted by atomic mass is 10.0. The first kappa shape index (κ1) is 20.6. The Morgan fingerprint density at radius 1 is 1.27 bits per heavy atom. The number of methoxy groups -OCH3 is 1. The zero-order chi connectivity index (χ0) is 21.1. The molecule has 9 heteroatoms. The van der Waals surface area contributed by atoms with Crippen molar-refractivity contribution < 1.29 is 9.53 Å². The molecule has 0 aliphatic carbocycles. The molecule has 2 heterocycles. The second kappa shape index (κ2) is 8.97. The fourth-order valence-electron chi connectivity index (χ4n) is 3.30. The average molecular weight is 444 g/mol. The van der Waals surface area contributed by atoms with Crippen LogP contribution in [0.15, 0.2) is 53.7 Å². The van der Waals surface area contributed by atoms with Crippen molar-refractivity contribution in [2.45, 2.75) is 29.8 Å². The summed E-state index contributed by atoms with van der Waals surface area (Å²) in [5.74, 6) is 1.22. The molecule has 2 atom stereocenters. The van der Waals surface area contributed by atoms with Crippen LogP contribution in [0.3, 0.4) is 0 Å². The minimum atomic E-state index is -0.429. The van der Waals surface area contributed by atoms with E-state index in [0.717, 1.165) is 17.5 Å². The first-order valence-electron chi connectivity index (χ1n) is 9.67. The van der Waals surface area contributed by atoms with Gasteiger partial charge in [-0.3, -0.25) is 4.79 Å². The predicted octanol–water partition coefficient (Wildman–Crippen LogP) is 3.89. The molecule has 3 aromatic rings. The number of hydrogen-bond donors (Lipinski definition) is 2. The second-order valence-corrected chi connectivity index (χ2v) is 8.35. The molecule has 0 radical (unpaired) electrons. The van der Waals surface area contributed by atoms with E-state index in [-0.39, 0.29) is 11.9 Å². The van der Waals surface area contributed by atoms with Crippen molar-refractivity contribution in [1.82, 2.24) is 20.2 Å². The van der Waals surface area contributed by atoms with Crippen LogP contribution in [0.4, 0.5) is 0 Å². The maximum Gasteiger partial charge on any atom is 0.236 e. The number of halogens is 1. The van der Waals surface area contributed by atoms with Gasteiger partial charge in [0.15, 0.2) is 5.82 Å². The van der Waals surface area contributed by atoms with Crippen LogP contribution in [0.2, 0.25) is 5.02 Å². The van der Waals surface area contributed by atoms with E-state index in [9.17, 15) is 4.79 Å². The Morgan fingerprint density at radius 2 is 2.07 bits per heavy atom. The fourth-order valence-corrected chi connectivity index (χ4v) is 4.67. The molecule has 2 aromatic carbocycles. The summed E-state index contributed by atoms with van der Waals surface area (Å²) in [6, 6.07) is 15.0. The molecule has 1 aliphatic rings. The predicted molar refractivity (Wildman–Crippen MR) is 119 cm³/mol. The Morgan fingerprint density at radius 3 is 2.77 bits per heavy atom. The van der Waals surface area contributed by atoms with E-state index >= 15 is 0 Å². The number of benzene rings is 2. The van der Waals surface area contributed by atoms with E-state index in [1.54, 1.807) is 7.11 Å². The number of nitrogens with one attached hydrogen (secondary N) is 2. The quantitative estimate of drug-likeness (QED) is 0.601. The lowest BCUT2D eigenvalue weighted by Gasteiger charge is -2.33. The normalized spacial score (nSPS) is 17.7. The molecular weight excluding hydrogens is 422 g/mol. The Bertz CT molecular complexity index is 1040. The van der Waals surface area contributed by atoms with E-state index in [1.165, 1.54) is 11.8 Å². The van der Waals surface area contributed by atoms with Gasteiger partial charge in [-0.05, 0) is 24.1 Å². The van der Waals surface area contributed by atoms with Crippen LogP contribution in [0.1, 0.15) is 24.9 Å². The van der Waals surface area contributed by atoms with Crippen molar-refractivity contribution >= 4 is 29.3 Å². The van der Waals surface area contributed by atoms with Crippen LogP contribution in [0.5, 0.6) is 5.75 Å². The minimum absolute atomic E-state index is 0.0539. The Hall–Kier alpha value is -2.71. The topological polar surface area (TPSA) is 81.1 Å². The molecule has 0 saturated heterocycles. The molecule has 30 heavy (non-hydrogen) atoms. The van der Waals surface area contributed by atoms with Crippen molar-refractivity contribution in [3.63, 3.8) is 0 Å². The molecular formula is C21H22ClN5O2S. The zero-order valence-corrected chi connectivity index (χ0v) is 18.2. The maximum absolute atomic E-state index is 12.9. The highest BCUT2D eigenvalue weighted by Crippen LogP contribution is 2.40. The number of amides is 1. The molecule has 156 valence electrons. The first-order valence-corrected chi connectivity index (χ1v) is 10.9. The van der Waals surface area contributed by atoms with E-state index < -0.39 is 5.25 Å². The van der Waals surface area contributed by atoms with Crippen LogP contribution in [-0.4, -0.2) is 39.7 Å². The molecule has 1 amide bonds. The summed E-state index contributed by atoms with van der Waals surface area (Å²) in [5, 5.41) is 12.4. The van der Waals surface area contributed by atoms with Gasteiger partial charge in [0.2, 0.25) is 11.1 Å². The van der Waals surface area contributed by atoms with Crippen molar-refractivity contribution in [1.29, 1.82) is 0 Å². The summed E-state index contributed by atoms with van der Waals surface area (Å²) in [4.78, 5) is 12.9. The van der Waals surface area contributed by atoms with E-state index in [2.05, 4.69) is 20.9 Å². The van der Waals surface area contributed by atoms with Gasteiger partial charge in [-0.25, -0.2) is 4.68 Å². The van der Waals surface area contributed by atoms with Crippen molar-refractivity contribution in [2.24, 2.45) is 0 Å². The third kappa shape index (κ3) is 3.97. The number of aromatic nitrogens is 3. The molecule has 0 spiro atoms. The van der Waals surface area contributed by atoms with E-state index in [0.29, 0.717) is 28.3 Å². The molecule has 0 saturated carbocycles. The summed E-state index contributed by atoms with van der Waals surface area (Å²) < 4.78 is 7.11. The van der Waals surface area contributed by atoms with Gasteiger partial charge in [0.1, 0.15) is 11.0 Å². The highest BCUT2D eigenvalue weighted by molar-refractivity contribution is 8.00. The van der Waals surface area contributed by atoms with E-state index in [4.69, 9.17) is 16.3 Å². The van der Waals surface area contributed by atoms with Gasteiger partial charge in [0.25, 0.3) is 0 Å². The van der Waals surface area contributed by atoms with Crippen LogP contribution >= 0.6 is 23.4 Å². The highest BCUT2D eigenvalue weighted by atomic mass is 35.5. The summed E-state index contributed by atoms with van der Waals surface area (Å²) in [7, 11) is 1.58. The standard InChI is InChI=1S/C21H22ClN5O2S/c1-3-11-23-20(28)18-17(14-9-10-16(29-2)15(22)12-14)26-27-19(24-25-21(27)30-18)13-7-5-4-6-8-13/h4-10,12,17-18,26H,3,11H2,1-2H3,(H,23,28)/t17-,18+/m0/s1. The van der Waals surface area contributed by atoms with Gasteiger partial charge < -0.3 is 15.5 Å². The number of nitrogens with zero attached hydrogens (tertiary/aromatic N) is 3. The first-order chi connectivity index (χ1) is 14.6. The molecule has 1 aromatic heterocycles. The molecule has 0 bridgehead atoms. The zero-order valence-electron chi connectivity index (χ0n) is 16.6. The monoisotopic (exact) mass is 443 g/mol. The van der Waals surface area contributed by atoms with Crippen LogP contribution < -0.4 is 15.5 Å². The van der Waals surface area contributed by atoms with Gasteiger partial charge in [0.05, 0.1) is 18.2 Å². The summed E-state index contributed by atoms with van der Waals surface area (Å²) in [6.45, 7) is 2.64. The molecule has 0 fully saturated rings. The lowest BCUT2D eigenvalue weighted by Crippen LogP contribution is -2.44. The van der Waals surface area contributed by atoms with Crippen molar-refractivity contribution in [3.05, 3.63) is 59.1 Å². The molecule has 1 aliphatic heterocycles. The van der Waals surface area contributed by atoms with Crippen molar-refractivity contribution in [2.75, 3.05) is 19.1 Å². The molecule has 7 nitrogen and oxygen atoms in total. The molecule has 0 unspecified atom stereocenters. The number of carbonyl (C=O) groups excluding carboxylic acids is 1. The van der Waals surface area contributed by atoms with Gasteiger partial charge >= 0.3 is 0 Å². The van der Waals surface area contributed by atoms with Crippen LogP contribution in [0, 0.1) is 0 Å². The Kier molecular flexibility index (Phi) is 6.15. The Labute approximate surface area is 184 Å². The van der Waals surface area contributed by atoms with Gasteiger partial charge in [-0.2, -0.15) is 0 Å². The fraction of sp³-hybridized carbons (Fsp3) is 0.286. The van der Waals surface area contributed by atoms with Crippen LogP contribution in [-0.2, 0) is 4.79 Å². The number of carbonyl (C=O) groups is 1. The Balaban J connectivity index is 1.73. The second-order valence-electron chi connectivity index (χ2n) is 6.84. The minimum Gasteiger partial charge on any atom is -0.495 e. The highest BCUT2D eigenvalue weighted by Gasteiger charge is 2.38. The SMILES string of the molecule is CCCNC(=O)[C@@H]1Sc2nnc(-c3ccccc3)n2N[C@H]1c1ccc(OC)c(Cl)c1. The maximum atomic E-state index is 12.9. The number of hydrogen-bond acceptors (Lipinski definition) is 6. The summed E-state index contributed by atoms with van der Waals surface area (Å²) in [6.07, 6.45) is 0.865. The average Bonchev–Trinajstić information content (AvgIpc) is 3.20. The number of ether oxygens (including phenoxy) is 1. The van der Waals surface area contributed by atoms with Gasteiger partial charge in [0, 0.05) is 12.1 Å². The number of thioether (sulfide) groups is 1. The molecule has 4 rings (SSSR count). The van der Waals surface area contributed by atoms with Crippen LogP contribution in [0.25, 0.3) is 11.4 Å². The number of rotatable bonds is 6. The van der Waals surface area contributed by atoms with E-state index in [1.807, 2.05) is 60.1 Å². The summed E-state index contributed by atoms with van der Waals surface area (Å²) in [5.41, 5.74) is 5.26. The van der Waals surface area contributed by atoms with Crippen molar-refractivity contribution in [3.8, 4) is 17.1 Å². The molecule has 2 N–H and O–H groups in total. The largest absolute Gasteiger partial charge is 0.495 e. The smallest absolute Gasteiger partial charge is 0.236 e.